The highest BCUT2D eigenvalue weighted by Gasteiger charge is 2.35. The second kappa shape index (κ2) is 3.59. The van der Waals surface area contributed by atoms with Crippen molar-refractivity contribution in [3.63, 3.8) is 0 Å². The monoisotopic (exact) mass is 195 g/mol. The first-order chi connectivity index (χ1) is 6.50. The van der Waals surface area contributed by atoms with Crippen LogP contribution >= 0.6 is 0 Å². The fourth-order valence-electron chi connectivity index (χ4n) is 1.13. The summed E-state index contributed by atoms with van der Waals surface area (Å²) in [6, 6.07) is 3.96. The molecule has 0 unspecified atom stereocenters. The average molecular weight is 195 g/mol. The van der Waals surface area contributed by atoms with E-state index in [0.29, 0.717) is 0 Å². The Labute approximate surface area is 80.1 Å². The zero-order valence-corrected chi connectivity index (χ0v) is 7.15. The lowest BCUT2D eigenvalue weighted by Gasteiger charge is -2.11. The SMILES string of the molecule is C#Cc1cccc([C]=C)c1C(F)(F)F. The summed E-state index contributed by atoms with van der Waals surface area (Å²) in [6.45, 7) is 3.19. The van der Waals surface area contributed by atoms with Crippen molar-refractivity contribution in [3.8, 4) is 12.3 Å². The van der Waals surface area contributed by atoms with Crippen LogP contribution in [0.2, 0.25) is 0 Å². The number of alkyl halides is 3. The van der Waals surface area contributed by atoms with Crippen molar-refractivity contribution < 1.29 is 13.2 Å². The molecule has 0 heterocycles. The molecule has 0 atom stereocenters. The lowest BCUT2D eigenvalue weighted by molar-refractivity contribution is -0.138. The van der Waals surface area contributed by atoms with E-state index in [0.717, 1.165) is 0 Å². The van der Waals surface area contributed by atoms with Gasteiger partial charge in [-0.1, -0.05) is 24.6 Å². The maximum atomic E-state index is 12.5. The number of hydrogen-bond donors (Lipinski definition) is 0. The summed E-state index contributed by atoms with van der Waals surface area (Å²) in [4.78, 5) is 0. The van der Waals surface area contributed by atoms with Crippen LogP contribution < -0.4 is 0 Å². The third-order valence-electron chi connectivity index (χ3n) is 1.69. The molecule has 3 heteroatoms. The lowest BCUT2D eigenvalue weighted by atomic mass is 10.0. The minimum absolute atomic E-state index is 0.118. The Morgan fingerprint density at radius 3 is 2.21 bits per heavy atom. The molecular weight excluding hydrogens is 189 g/mol. The standard InChI is InChI=1S/C11H6F3/c1-3-8-6-5-7-9(4-2)10(8)11(12,13)14/h1,5-7H,2H2. The Morgan fingerprint density at radius 2 is 1.79 bits per heavy atom. The lowest BCUT2D eigenvalue weighted by Crippen LogP contribution is -2.10. The third-order valence-corrected chi connectivity index (χ3v) is 1.69. The van der Waals surface area contributed by atoms with Gasteiger partial charge in [0.15, 0.2) is 0 Å². The first-order valence-corrected chi connectivity index (χ1v) is 3.70. The van der Waals surface area contributed by atoms with Crippen LogP contribution in [0.5, 0.6) is 0 Å². The van der Waals surface area contributed by atoms with Gasteiger partial charge in [0.2, 0.25) is 0 Å². The summed E-state index contributed by atoms with van der Waals surface area (Å²) in [5, 5.41) is 0. The minimum atomic E-state index is -4.47. The molecule has 1 aromatic carbocycles. The normalized spacial score (nSPS) is 10.7. The molecule has 0 fully saturated rings. The number of benzene rings is 1. The Kier molecular flexibility index (Phi) is 2.66. The maximum absolute atomic E-state index is 12.5. The Bertz CT molecular complexity index is 394. The summed E-state index contributed by atoms with van der Waals surface area (Å²) in [5.41, 5.74) is -1.16. The fourth-order valence-corrected chi connectivity index (χ4v) is 1.13. The molecule has 0 nitrogen and oxygen atoms in total. The first-order valence-electron chi connectivity index (χ1n) is 3.70. The summed E-state index contributed by atoms with van der Waals surface area (Å²) >= 11 is 0. The summed E-state index contributed by atoms with van der Waals surface area (Å²) in [7, 11) is 0. The smallest absolute Gasteiger partial charge is 0.166 e. The van der Waals surface area contributed by atoms with E-state index in [-0.39, 0.29) is 11.1 Å². The van der Waals surface area contributed by atoms with Gasteiger partial charge in [-0.3, -0.25) is 0 Å². The molecule has 1 rings (SSSR count). The van der Waals surface area contributed by atoms with Gasteiger partial charge in [-0.05, 0) is 17.7 Å². The number of halogens is 3. The Hall–Kier alpha value is -1.69. The van der Waals surface area contributed by atoms with E-state index in [1.165, 1.54) is 18.2 Å². The minimum Gasteiger partial charge on any atom is -0.166 e. The number of terminal acetylenes is 1. The third kappa shape index (κ3) is 1.80. The van der Waals surface area contributed by atoms with Gasteiger partial charge in [-0.25, -0.2) is 0 Å². The second-order valence-corrected chi connectivity index (χ2v) is 2.55. The second-order valence-electron chi connectivity index (χ2n) is 2.55. The van der Waals surface area contributed by atoms with E-state index in [4.69, 9.17) is 6.42 Å². The van der Waals surface area contributed by atoms with Crippen molar-refractivity contribution in [2.75, 3.05) is 0 Å². The molecule has 0 bridgehead atoms. The maximum Gasteiger partial charge on any atom is 0.418 e. The van der Waals surface area contributed by atoms with Gasteiger partial charge < -0.3 is 0 Å². The van der Waals surface area contributed by atoms with Gasteiger partial charge in [0.05, 0.1) is 5.56 Å². The highest BCUT2D eigenvalue weighted by molar-refractivity contribution is 5.48. The molecule has 1 radical (unpaired) electrons. The van der Waals surface area contributed by atoms with Crippen LogP contribution in [-0.4, -0.2) is 0 Å². The van der Waals surface area contributed by atoms with Gasteiger partial charge in [0, 0.05) is 5.56 Å². The molecular formula is C11H6F3. The van der Waals surface area contributed by atoms with Crippen LogP contribution in [-0.2, 0) is 6.18 Å². The summed E-state index contributed by atoms with van der Waals surface area (Å²) in [5.74, 6) is 1.99. The van der Waals surface area contributed by atoms with E-state index >= 15 is 0 Å². The summed E-state index contributed by atoms with van der Waals surface area (Å²) in [6.07, 6.45) is 2.71. The van der Waals surface area contributed by atoms with Crippen LogP contribution in [0.1, 0.15) is 16.7 Å². The molecule has 0 aromatic heterocycles. The topological polar surface area (TPSA) is 0 Å². The van der Waals surface area contributed by atoms with Crippen LogP contribution in [0.4, 0.5) is 13.2 Å². The first kappa shape index (κ1) is 10.4. The number of rotatable bonds is 1. The molecule has 14 heavy (non-hydrogen) atoms. The van der Waals surface area contributed by atoms with Crippen LogP contribution in [0.3, 0.4) is 0 Å². The van der Waals surface area contributed by atoms with Gasteiger partial charge in [0.25, 0.3) is 0 Å². The van der Waals surface area contributed by atoms with Crippen LogP contribution in [0.15, 0.2) is 24.8 Å². The fraction of sp³-hybridized carbons (Fsp3) is 0.0909. The molecule has 0 amide bonds. The number of hydrogen-bond acceptors (Lipinski definition) is 0. The zero-order chi connectivity index (χ0) is 10.8. The highest BCUT2D eigenvalue weighted by Crippen LogP contribution is 2.34. The summed E-state index contributed by atoms with van der Waals surface area (Å²) < 4.78 is 37.6. The van der Waals surface area contributed by atoms with E-state index in [1.807, 2.05) is 5.92 Å². The van der Waals surface area contributed by atoms with E-state index in [1.54, 1.807) is 0 Å². The predicted molar refractivity (Wildman–Crippen MR) is 47.4 cm³/mol. The highest BCUT2D eigenvalue weighted by atomic mass is 19.4. The van der Waals surface area contributed by atoms with Crippen molar-refractivity contribution >= 4 is 0 Å². The van der Waals surface area contributed by atoms with Crippen molar-refractivity contribution in [3.05, 3.63) is 47.5 Å². The largest absolute Gasteiger partial charge is 0.418 e. The molecule has 0 aliphatic carbocycles. The quantitative estimate of drug-likeness (QED) is 0.604. The zero-order valence-electron chi connectivity index (χ0n) is 7.15. The van der Waals surface area contributed by atoms with E-state index < -0.39 is 11.7 Å². The Balaban J connectivity index is 3.51. The van der Waals surface area contributed by atoms with Gasteiger partial charge in [-0.15, -0.1) is 6.42 Å². The van der Waals surface area contributed by atoms with Crippen molar-refractivity contribution in [1.82, 2.24) is 0 Å². The molecule has 71 valence electrons. The van der Waals surface area contributed by atoms with Crippen molar-refractivity contribution in [2.24, 2.45) is 0 Å². The Morgan fingerprint density at radius 1 is 1.21 bits per heavy atom. The van der Waals surface area contributed by atoms with Gasteiger partial charge in [-0.2, -0.15) is 13.2 Å². The molecule has 0 saturated heterocycles. The van der Waals surface area contributed by atoms with E-state index in [9.17, 15) is 13.2 Å². The van der Waals surface area contributed by atoms with Gasteiger partial charge in [0.1, 0.15) is 0 Å². The molecule has 0 aliphatic rings. The predicted octanol–water partition coefficient (Wildman–Crippen LogP) is 3.02. The van der Waals surface area contributed by atoms with Crippen molar-refractivity contribution in [2.45, 2.75) is 6.18 Å². The van der Waals surface area contributed by atoms with Crippen LogP contribution in [0.25, 0.3) is 0 Å². The molecule has 0 spiro atoms. The average Bonchev–Trinajstić information content (AvgIpc) is 2.15. The van der Waals surface area contributed by atoms with Crippen molar-refractivity contribution in [1.29, 1.82) is 0 Å². The van der Waals surface area contributed by atoms with Crippen LogP contribution in [0, 0.1) is 18.4 Å². The molecule has 0 N–H and O–H groups in total. The van der Waals surface area contributed by atoms with Gasteiger partial charge >= 0.3 is 6.18 Å². The molecule has 0 saturated carbocycles. The molecule has 0 aliphatic heterocycles. The van der Waals surface area contributed by atoms with E-state index in [2.05, 4.69) is 12.7 Å². The molecule has 1 aromatic rings.